The van der Waals surface area contributed by atoms with Gasteiger partial charge in [0.05, 0.1) is 0 Å². The average Bonchev–Trinajstić information content (AvgIpc) is 2.75. The van der Waals surface area contributed by atoms with Gasteiger partial charge >= 0.3 is 0 Å². The summed E-state index contributed by atoms with van der Waals surface area (Å²) in [4.78, 5) is 16.6. The van der Waals surface area contributed by atoms with Gasteiger partial charge in [-0.05, 0) is 39.0 Å². The summed E-state index contributed by atoms with van der Waals surface area (Å²) in [6.45, 7) is 10.5. The van der Waals surface area contributed by atoms with Crippen LogP contribution in [-0.4, -0.2) is 47.9 Å². The zero-order chi connectivity index (χ0) is 13.1. The summed E-state index contributed by atoms with van der Waals surface area (Å²) >= 11 is 0. The molecule has 18 heavy (non-hydrogen) atoms. The van der Waals surface area contributed by atoms with Crippen molar-refractivity contribution in [2.45, 2.75) is 46.1 Å². The summed E-state index contributed by atoms with van der Waals surface area (Å²) in [5.74, 6) is 1.00. The topological polar surface area (TPSA) is 23.6 Å². The predicted octanol–water partition coefficient (Wildman–Crippen LogP) is 2.29. The summed E-state index contributed by atoms with van der Waals surface area (Å²) < 4.78 is 0. The minimum atomic E-state index is 0.238. The van der Waals surface area contributed by atoms with Crippen LogP contribution in [0.4, 0.5) is 0 Å². The van der Waals surface area contributed by atoms with Crippen LogP contribution in [-0.2, 0) is 4.79 Å². The van der Waals surface area contributed by atoms with Crippen LogP contribution in [0.15, 0.2) is 11.6 Å². The molecule has 1 amide bonds. The van der Waals surface area contributed by atoms with Crippen LogP contribution in [0.5, 0.6) is 0 Å². The number of amides is 1. The second kappa shape index (κ2) is 5.87. The number of hydrogen-bond donors (Lipinski definition) is 0. The van der Waals surface area contributed by atoms with E-state index < -0.39 is 0 Å². The molecule has 0 radical (unpaired) electrons. The molecule has 1 heterocycles. The van der Waals surface area contributed by atoms with Crippen LogP contribution in [0.25, 0.3) is 0 Å². The Bertz CT molecular complexity index is 327. The second-order valence-corrected chi connectivity index (χ2v) is 6.11. The molecule has 1 saturated carbocycles. The number of carbonyl (C=O) groups excluding carboxylic acids is 1. The minimum Gasteiger partial charge on any atom is -0.337 e. The van der Waals surface area contributed by atoms with Crippen molar-refractivity contribution in [3.8, 4) is 0 Å². The molecule has 1 aliphatic heterocycles. The fourth-order valence-electron chi connectivity index (χ4n) is 2.94. The third-order valence-electron chi connectivity index (χ3n) is 4.25. The van der Waals surface area contributed by atoms with Crippen LogP contribution >= 0.6 is 0 Å². The van der Waals surface area contributed by atoms with Gasteiger partial charge in [0.2, 0.25) is 5.91 Å². The highest BCUT2D eigenvalue weighted by Gasteiger charge is 2.22. The highest BCUT2D eigenvalue weighted by Crippen LogP contribution is 2.29. The van der Waals surface area contributed by atoms with Gasteiger partial charge in [-0.2, -0.15) is 0 Å². The first-order valence-electron chi connectivity index (χ1n) is 7.28. The minimum absolute atomic E-state index is 0.238. The van der Waals surface area contributed by atoms with Crippen molar-refractivity contribution in [2.75, 3.05) is 26.2 Å². The van der Waals surface area contributed by atoms with Crippen LogP contribution in [0.3, 0.4) is 0 Å². The van der Waals surface area contributed by atoms with Gasteiger partial charge < -0.3 is 4.90 Å². The molecule has 3 heteroatoms. The number of nitrogens with zero attached hydrogens (tertiary/aromatic N) is 2. The van der Waals surface area contributed by atoms with Gasteiger partial charge in [0.1, 0.15) is 0 Å². The molecule has 0 spiro atoms. The molecule has 0 aromatic heterocycles. The van der Waals surface area contributed by atoms with Crippen molar-refractivity contribution < 1.29 is 4.79 Å². The van der Waals surface area contributed by atoms with E-state index in [4.69, 9.17) is 0 Å². The Balaban J connectivity index is 1.84. The van der Waals surface area contributed by atoms with Gasteiger partial charge in [-0.1, -0.05) is 12.5 Å². The molecule has 0 aromatic rings. The molecule has 0 N–H and O–H groups in total. The van der Waals surface area contributed by atoms with E-state index in [0.29, 0.717) is 6.04 Å². The largest absolute Gasteiger partial charge is 0.337 e. The summed E-state index contributed by atoms with van der Waals surface area (Å²) in [5, 5.41) is 0. The van der Waals surface area contributed by atoms with Crippen molar-refractivity contribution in [1.29, 1.82) is 0 Å². The number of carbonyl (C=O) groups is 1. The Hall–Kier alpha value is -0.830. The first-order valence-corrected chi connectivity index (χ1v) is 7.28. The average molecular weight is 250 g/mol. The van der Waals surface area contributed by atoms with Gasteiger partial charge in [-0.3, -0.25) is 9.69 Å². The van der Waals surface area contributed by atoms with Crippen LogP contribution in [0.1, 0.15) is 40.0 Å². The summed E-state index contributed by atoms with van der Waals surface area (Å²) in [6, 6.07) is 0.594. The molecule has 102 valence electrons. The predicted molar refractivity (Wildman–Crippen MR) is 74.4 cm³/mol. The van der Waals surface area contributed by atoms with Crippen LogP contribution < -0.4 is 0 Å². The zero-order valence-corrected chi connectivity index (χ0v) is 12.0. The Morgan fingerprint density at radius 1 is 1.28 bits per heavy atom. The van der Waals surface area contributed by atoms with Gasteiger partial charge in [0.25, 0.3) is 0 Å². The highest BCUT2D eigenvalue weighted by molar-refractivity contribution is 5.88. The molecule has 0 bridgehead atoms. The molecule has 0 aromatic carbocycles. The lowest BCUT2D eigenvalue weighted by atomic mass is 10.1. The van der Waals surface area contributed by atoms with Crippen molar-refractivity contribution in [3.63, 3.8) is 0 Å². The molecule has 2 rings (SSSR count). The molecule has 1 atom stereocenters. The Morgan fingerprint density at radius 3 is 2.44 bits per heavy atom. The fraction of sp³-hybridized carbons (Fsp3) is 0.800. The Kier molecular flexibility index (Phi) is 4.44. The van der Waals surface area contributed by atoms with E-state index in [1.807, 2.05) is 11.0 Å². The molecule has 1 aliphatic carbocycles. The first kappa shape index (κ1) is 13.6. The van der Waals surface area contributed by atoms with Gasteiger partial charge in [0, 0.05) is 38.3 Å². The number of rotatable bonds is 2. The molecular formula is C15H26N2O. The van der Waals surface area contributed by atoms with E-state index in [0.717, 1.165) is 44.9 Å². The number of allylic oxidation sites excluding steroid dienone is 1. The summed E-state index contributed by atoms with van der Waals surface area (Å²) in [6.07, 6.45) is 5.41. The molecule has 1 unspecified atom stereocenters. The van der Waals surface area contributed by atoms with E-state index in [1.54, 1.807) is 0 Å². The smallest absolute Gasteiger partial charge is 0.246 e. The van der Waals surface area contributed by atoms with Crippen LogP contribution in [0, 0.1) is 5.92 Å². The number of piperazine rings is 1. The third kappa shape index (κ3) is 3.35. The van der Waals surface area contributed by atoms with Crippen molar-refractivity contribution in [1.82, 2.24) is 9.80 Å². The number of hydrogen-bond acceptors (Lipinski definition) is 2. The van der Waals surface area contributed by atoms with Crippen molar-refractivity contribution in [2.24, 2.45) is 5.92 Å². The lowest BCUT2D eigenvalue weighted by Gasteiger charge is -2.36. The standard InChI is InChI=1S/C15H26N2O/c1-12(2)16-6-8-17(9-7-16)15(18)11-14-5-4-13(3)10-14/h11-13H,4-10H2,1-3H3/b14-11-. The summed E-state index contributed by atoms with van der Waals surface area (Å²) in [5.41, 5.74) is 1.36. The van der Waals surface area contributed by atoms with Gasteiger partial charge in [-0.25, -0.2) is 0 Å². The molecular weight excluding hydrogens is 224 g/mol. The van der Waals surface area contributed by atoms with E-state index in [1.165, 1.54) is 12.0 Å². The fourth-order valence-corrected chi connectivity index (χ4v) is 2.94. The first-order chi connectivity index (χ1) is 8.56. The molecule has 2 fully saturated rings. The maximum absolute atomic E-state index is 12.2. The second-order valence-electron chi connectivity index (χ2n) is 6.11. The molecule has 2 aliphatic rings. The van der Waals surface area contributed by atoms with E-state index in [9.17, 15) is 4.79 Å². The quantitative estimate of drug-likeness (QED) is 0.702. The van der Waals surface area contributed by atoms with Crippen molar-refractivity contribution >= 4 is 5.91 Å². The van der Waals surface area contributed by atoms with Crippen molar-refractivity contribution in [3.05, 3.63) is 11.6 Å². The maximum Gasteiger partial charge on any atom is 0.246 e. The molecule has 3 nitrogen and oxygen atoms in total. The van der Waals surface area contributed by atoms with E-state index >= 15 is 0 Å². The van der Waals surface area contributed by atoms with Gasteiger partial charge in [-0.15, -0.1) is 0 Å². The lowest BCUT2D eigenvalue weighted by molar-refractivity contribution is -0.128. The zero-order valence-electron chi connectivity index (χ0n) is 12.0. The molecule has 1 saturated heterocycles. The highest BCUT2D eigenvalue weighted by atomic mass is 16.2. The third-order valence-corrected chi connectivity index (χ3v) is 4.25. The summed E-state index contributed by atoms with van der Waals surface area (Å²) in [7, 11) is 0. The Labute approximate surface area is 111 Å². The maximum atomic E-state index is 12.2. The van der Waals surface area contributed by atoms with E-state index in [-0.39, 0.29) is 5.91 Å². The monoisotopic (exact) mass is 250 g/mol. The normalized spacial score (nSPS) is 28.3. The van der Waals surface area contributed by atoms with E-state index in [2.05, 4.69) is 25.7 Å². The SMILES string of the molecule is CC1CC/C(=C/C(=O)N2CCN(C(C)C)CC2)C1. The lowest BCUT2D eigenvalue weighted by Crippen LogP contribution is -2.50. The Morgan fingerprint density at radius 2 is 1.94 bits per heavy atom. The van der Waals surface area contributed by atoms with Gasteiger partial charge in [0.15, 0.2) is 0 Å². The van der Waals surface area contributed by atoms with Crippen LogP contribution in [0.2, 0.25) is 0 Å².